The van der Waals surface area contributed by atoms with E-state index in [0.29, 0.717) is 12.1 Å². The van der Waals surface area contributed by atoms with Crippen LogP contribution in [0.3, 0.4) is 0 Å². The van der Waals surface area contributed by atoms with E-state index >= 15 is 0 Å². The molecule has 0 bridgehead atoms. The van der Waals surface area contributed by atoms with Gasteiger partial charge < -0.3 is 10.2 Å². The first-order valence-electron chi connectivity index (χ1n) is 9.82. The van der Waals surface area contributed by atoms with E-state index in [2.05, 4.69) is 25.3 Å². The zero-order valence-electron chi connectivity index (χ0n) is 16.7. The Labute approximate surface area is 164 Å². The number of aryl methyl sites for hydroxylation is 3. The van der Waals surface area contributed by atoms with Gasteiger partial charge in [-0.2, -0.15) is 5.10 Å². The number of pyridine rings is 2. The lowest BCUT2D eigenvalue weighted by molar-refractivity contribution is 0.0952. The van der Waals surface area contributed by atoms with Crippen LogP contribution in [0.25, 0.3) is 11.0 Å². The normalized spacial score (nSPS) is 14.5. The van der Waals surface area contributed by atoms with Crippen molar-refractivity contribution in [1.29, 1.82) is 0 Å². The molecule has 146 valence electrons. The van der Waals surface area contributed by atoms with Crippen molar-refractivity contribution in [3.63, 3.8) is 0 Å². The van der Waals surface area contributed by atoms with Crippen LogP contribution in [0.4, 0.5) is 5.82 Å². The Hall–Kier alpha value is -2.96. The summed E-state index contributed by atoms with van der Waals surface area (Å²) in [6.45, 7) is 6.30. The number of rotatable bonds is 4. The fourth-order valence-electron chi connectivity index (χ4n) is 3.98. The van der Waals surface area contributed by atoms with Gasteiger partial charge in [-0.15, -0.1) is 0 Å². The van der Waals surface area contributed by atoms with E-state index in [1.165, 1.54) is 19.3 Å². The second-order valence-corrected chi connectivity index (χ2v) is 7.44. The molecule has 0 unspecified atom stereocenters. The van der Waals surface area contributed by atoms with E-state index in [-0.39, 0.29) is 5.91 Å². The van der Waals surface area contributed by atoms with Crippen LogP contribution in [-0.4, -0.2) is 38.7 Å². The molecule has 3 aromatic rings. The van der Waals surface area contributed by atoms with Crippen LogP contribution in [0.1, 0.15) is 46.6 Å². The summed E-state index contributed by atoms with van der Waals surface area (Å²) >= 11 is 0. The smallest absolute Gasteiger partial charge is 0.252 e. The van der Waals surface area contributed by atoms with Gasteiger partial charge in [0.1, 0.15) is 5.82 Å². The minimum Gasteiger partial charge on any atom is -0.356 e. The summed E-state index contributed by atoms with van der Waals surface area (Å²) in [6.07, 6.45) is 5.48. The SMILES string of the molecule is Cc1cc(C(=O)NCc2cccnc2N2CCCCC2)c2c(C)nn(C)c2n1. The number of carbonyl (C=O) groups is 1. The lowest BCUT2D eigenvalue weighted by Crippen LogP contribution is -2.32. The number of anilines is 1. The van der Waals surface area contributed by atoms with Crippen LogP contribution in [0.2, 0.25) is 0 Å². The molecule has 0 aromatic carbocycles. The summed E-state index contributed by atoms with van der Waals surface area (Å²) in [5, 5.41) is 8.32. The van der Waals surface area contributed by atoms with E-state index in [4.69, 9.17) is 0 Å². The Bertz CT molecular complexity index is 1020. The number of aromatic nitrogens is 4. The molecule has 0 atom stereocenters. The second kappa shape index (κ2) is 7.58. The van der Waals surface area contributed by atoms with E-state index in [1.807, 2.05) is 45.3 Å². The van der Waals surface area contributed by atoms with Gasteiger partial charge in [-0.1, -0.05) is 6.07 Å². The van der Waals surface area contributed by atoms with E-state index in [1.54, 1.807) is 4.68 Å². The summed E-state index contributed by atoms with van der Waals surface area (Å²) in [5.41, 5.74) is 4.01. The lowest BCUT2D eigenvalue weighted by atomic mass is 10.1. The minimum absolute atomic E-state index is 0.111. The quantitative estimate of drug-likeness (QED) is 0.755. The molecule has 1 aliphatic heterocycles. The number of hydrogen-bond donors (Lipinski definition) is 1. The van der Waals surface area contributed by atoms with Crippen LogP contribution < -0.4 is 10.2 Å². The molecular weight excluding hydrogens is 352 g/mol. The van der Waals surface area contributed by atoms with Crippen LogP contribution in [0.5, 0.6) is 0 Å². The Morgan fingerprint density at radius 2 is 2.00 bits per heavy atom. The average Bonchev–Trinajstić information content (AvgIpc) is 3.00. The summed E-state index contributed by atoms with van der Waals surface area (Å²) in [4.78, 5) is 24.5. The number of carbonyl (C=O) groups excluding carboxylic acids is 1. The maximum atomic E-state index is 13.0. The highest BCUT2D eigenvalue weighted by atomic mass is 16.1. The predicted octanol–water partition coefficient (Wildman–Crippen LogP) is 2.90. The third-order valence-corrected chi connectivity index (χ3v) is 5.30. The molecule has 0 spiro atoms. The van der Waals surface area contributed by atoms with Gasteiger partial charge in [0.25, 0.3) is 5.91 Å². The Balaban J connectivity index is 1.59. The standard InChI is InChI=1S/C21H26N6O/c1-14-12-17(18-15(2)25-26(3)20(18)24-14)21(28)23-13-16-8-7-9-22-19(16)27-10-5-4-6-11-27/h7-9,12H,4-6,10-11,13H2,1-3H3,(H,23,28). The number of nitrogens with one attached hydrogen (secondary N) is 1. The number of hydrogen-bond acceptors (Lipinski definition) is 5. The molecule has 1 saturated heterocycles. The lowest BCUT2D eigenvalue weighted by Gasteiger charge is -2.29. The van der Waals surface area contributed by atoms with Gasteiger partial charge >= 0.3 is 0 Å². The molecule has 28 heavy (non-hydrogen) atoms. The number of piperidine rings is 1. The first kappa shape index (κ1) is 18.4. The van der Waals surface area contributed by atoms with E-state index in [9.17, 15) is 4.79 Å². The fourth-order valence-corrected chi connectivity index (χ4v) is 3.98. The first-order chi connectivity index (χ1) is 13.5. The van der Waals surface area contributed by atoms with Crippen molar-refractivity contribution in [3.8, 4) is 0 Å². The summed E-state index contributed by atoms with van der Waals surface area (Å²) in [6, 6.07) is 5.80. The maximum absolute atomic E-state index is 13.0. The van der Waals surface area contributed by atoms with Gasteiger partial charge in [-0.3, -0.25) is 9.48 Å². The zero-order valence-corrected chi connectivity index (χ0v) is 16.7. The van der Waals surface area contributed by atoms with E-state index in [0.717, 1.165) is 46.9 Å². The maximum Gasteiger partial charge on any atom is 0.252 e. The van der Waals surface area contributed by atoms with Crippen molar-refractivity contribution in [3.05, 3.63) is 46.9 Å². The monoisotopic (exact) mass is 378 g/mol. The summed E-state index contributed by atoms with van der Waals surface area (Å²) in [7, 11) is 1.85. The van der Waals surface area contributed by atoms with Crippen molar-refractivity contribution < 1.29 is 4.79 Å². The Morgan fingerprint density at radius 3 is 2.79 bits per heavy atom. The first-order valence-corrected chi connectivity index (χ1v) is 9.82. The second-order valence-electron chi connectivity index (χ2n) is 7.44. The Morgan fingerprint density at radius 1 is 1.21 bits per heavy atom. The molecule has 4 rings (SSSR count). The van der Waals surface area contributed by atoms with Gasteiger partial charge in [0.15, 0.2) is 5.65 Å². The number of amides is 1. The molecule has 0 saturated carbocycles. The molecule has 7 nitrogen and oxygen atoms in total. The van der Waals surface area contributed by atoms with E-state index < -0.39 is 0 Å². The molecule has 1 aliphatic rings. The molecule has 0 aliphatic carbocycles. The van der Waals surface area contributed by atoms with Gasteiger partial charge in [-0.05, 0) is 45.2 Å². The van der Waals surface area contributed by atoms with Crippen molar-refractivity contribution in [1.82, 2.24) is 25.1 Å². The van der Waals surface area contributed by atoms with Crippen molar-refractivity contribution >= 4 is 22.8 Å². The zero-order chi connectivity index (χ0) is 19.7. The molecule has 7 heteroatoms. The van der Waals surface area contributed by atoms with Crippen molar-refractivity contribution in [2.75, 3.05) is 18.0 Å². The number of fused-ring (bicyclic) bond motifs is 1. The van der Waals surface area contributed by atoms with Crippen molar-refractivity contribution in [2.45, 2.75) is 39.7 Å². The highest BCUT2D eigenvalue weighted by Gasteiger charge is 2.19. The number of nitrogens with zero attached hydrogens (tertiary/aromatic N) is 5. The van der Waals surface area contributed by atoms with Gasteiger partial charge in [-0.25, -0.2) is 9.97 Å². The highest BCUT2D eigenvalue weighted by molar-refractivity contribution is 6.06. The highest BCUT2D eigenvalue weighted by Crippen LogP contribution is 2.23. The molecule has 1 fully saturated rings. The fraction of sp³-hybridized carbons (Fsp3) is 0.429. The molecule has 0 radical (unpaired) electrons. The molecule has 4 heterocycles. The van der Waals surface area contributed by atoms with Crippen LogP contribution in [-0.2, 0) is 13.6 Å². The minimum atomic E-state index is -0.111. The van der Waals surface area contributed by atoms with Crippen LogP contribution >= 0.6 is 0 Å². The summed E-state index contributed by atoms with van der Waals surface area (Å²) in [5.74, 6) is 0.871. The van der Waals surface area contributed by atoms with Gasteiger partial charge in [0.2, 0.25) is 0 Å². The third kappa shape index (κ3) is 3.44. The largest absolute Gasteiger partial charge is 0.356 e. The molecule has 1 amide bonds. The molecule has 3 aromatic heterocycles. The predicted molar refractivity (Wildman–Crippen MR) is 109 cm³/mol. The summed E-state index contributed by atoms with van der Waals surface area (Å²) < 4.78 is 1.73. The van der Waals surface area contributed by atoms with Crippen LogP contribution in [0.15, 0.2) is 24.4 Å². The Kier molecular flexibility index (Phi) is 4.98. The molecule has 1 N–H and O–H groups in total. The van der Waals surface area contributed by atoms with Crippen molar-refractivity contribution in [2.24, 2.45) is 7.05 Å². The van der Waals surface area contributed by atoms with Gasteiger partial charge in [0.05, 0.1) is 16.6 Å². The average molecular weight is 378 g/mol. The topological polar surface area (TPSA) is 75.9 Å². The third-order valence-electron chi connectivity index (χ3n) is 5.30. The van der Waals surface area contributed by atoms with Crippen LogP contribution in [0, 0.1) is 13.8 Å². The molecular formula is C21H26N6O. The van der Waals surface area contributed by atoms with Gasteiger partial charge in [0, 0.05) is 44.1 Å².